The Morgan fingerprint density at radius 3 is 2.67 bits per heavy atom. The number of hydrogen-bond acceptors (Lipinski definition) is 3. The van der Waals surface area contributed by atoms with Gasteiger partial charge in [-0.2, -0.15) is 0 Å². The molecule has 1 atom stereocenters. The van der Waals surface area contributed by atoms with Crippen molar-refractivity contribution in [2.45, 2.75) is 39.7 Å². The van der Waals surface area contributed by atoms with Crippen LogP contribution < -0.4 is 16.4 Å². The van der Waals surface area contributed by atoms with Crippen LogP contribution in [0, 0.1) is 12.7 Å². The molecular formula is C15H22FN3O2. The number of benzene rings is 1. The lowest BCUT2D eigenvalue weighted by molar-refractivity contribution is -0.121. The van der Waals surface area contributed by atoms with E-state index in [-0.39, 0.29) is 30.5 Å². The largest absolute Gasteiger partial charge is 0.399 e. The van der Waals surface area contributed by atoms with Crippen molar-refractivity contribution in [3.63, 3.8) is 0 Å². The van der Waals surface area contributed by atoms with E-state index in [1.807, 2.05) is 13.8 Å². The van der Waals surface area contributed by atoms with Crippen molar-refractivity contribution in [1.29, 1.82) is 0 Å². The zero-order chi connectivity index (χ0) is 16.0. The summed E-state index contributed by atoms with van der Waals surface area (Å²) in [7, 11) is 0. The van der Waals surface area contributed by atoms with Crippen LogP contribution in [0.5, 0.6) is 0 Å². The van der Waals surface area contributed by atoms with Crippen LogP contribution in [0.25, 0.3) is 0 Å². The molecule has 1 unspecified atom stereocenters. The van der Waals surface area contributed by atoms with Gasteiger partial charge in [-0.05, 0) is 38.0 Å². The summed E-state index contributed by atoms with van der Waals surface area (Å²) in [5.41, 5.74) is 6.14. The van der Waals surface area contributed by atoms with Crippen LogP contribution in [0.15, 0.2) is 12.1 Å². The molecule has 116 valence electrons. The van der Waals surface area contributed by atoms with Gasteiger partial charge in [0.2, 0.25) is 5.91 Å². The van der Waals surface area contributed by atoms with Crippen molar-refractivity contribution in [3.8, 4) is 0 Å². The molecule has 6 heteroatoms. The molecule has 1 rings (SSSR count). The lowest BCUT2D eigenvalue weighted by atomic mass is 10.1. The third kappa shape index (κ3) is 5.06. The quantitative estimate of drug-likeness (QED) is 0.699. The first-order valence-corrected chi connectivity index (χ1v) is 6.98. The van der Waals surface area contributed by atoms with E-state index in [4.69, 9.17) is 5.73 Å². The van der Waals surface area contributed by atoms with E-state index < -0.39 is 11.7 Å². The molecule has 0 bridgehead atoms. The average molecular weight is 295 g/mol. The maximum Gasteiger partial charge on any atom is 0.254 e. The summed E-state index contributed by atoms with van der Waals surface area (Å²) >= 11 is 0. The Bertz CT molecular complexity index is 532. The first-order chi connectivity index (χ1) is 9.85. The van der Waals surface area contributed by atoms with Crippen molar-refractivity contribution >= 4 is 17.5 Å². The number of rotatable bonds is 6. The lowest BCUT2D eigenvalue weighted by Crippen LogP contribution is -2.35. The molecule has 0 aliphatic carbocycles. The summed E-state index contributed by atoms with van der Waals surface area (Å²) in [6.07, 6.45) is 0.991. The second kappa shape index (κ2) is 7.61. The molecular weight excluding hydrogens is 273 g/mol. The summed E-state index contributed by atoms with van der Waals surface area (Å²) in [5, 5.41) is 5.31. The minimum atomic E-state index is -0.592. The number of amides is 2. The van der Waals surface area contributed by atoms with Crippen molar-refractivity contribution < 1.29 is 14.0 Å². The van der Waals surface area contributed by atoms with E-state index in [9.17, 15) is 14.0 Å². The fourth-order valence-electron chi connectivity index (χ4n) is 1.80. The van der Waals surface area contributed by atoms with Gasteiger partial charge in [-0.3, -0.25) is 9.59 Å². The van der Waals surface area contributed by atoms with Crippen LogP contribution in [0.4, 0.5) is 10.1 Å². The molecule has 1 aromatic carbocycles. The Labute approximate surface area is 124 Å². The summed E-state index contributed by atoms with van der Waals surface area (Å²) in [6.45, 7) is 5.56. The van der Waals surface area contributed by atoms with Crippen molar-refractivity contribution in [3.05, 3.63) is 29.1 Å². The summed E-state index contributed by atoms with van der Waals surface area (Å²) in [4.78, 5) is 23.4. The van der Waals surface area contributed by atoms with E-state index in [0.717, 1.165) is 6.42 Å². The molecule has 0 radical (unpaired) electrons. The number of carbonyl (C=O) groups excluding carboxylic acids is 2. The molecule has 2 amide bonds. The molecule has 5 nitrogen and oxygen atoms in total. The van der Waals surface area contributed by atoms with Crippen LogP contribution in [0.3, 0.4) is 0 Å². The number of aryl methyl sites for hydroxylation is 1. The predicted molar refractivity (Wildman–Crippen MR) is 80.4 cm³/mol. The highest BCUT2D eigenvalue weighted by Gasteiger charge is 2.15. The van der Waals surface area contributed by atoms with Crippen LogP contribution >= 0.6 is 0 Å². The fraction of sp³-hybridized carbons (Fsp3) is 0.467. The van der Waals surface area contributed by atoms with Gasteiger partial charge in [0.25, 0.3) is 5.91 Å². The van der Waals surface area contributed by atoms with Crippen LogP contribution in [-0.2, 0) is 4.79 Å². The van der Waals surface area contributed by atoms with Gasteiger partial charge in [-0.25, -0.2) is 4.39 Å². The second-order valence-electron chi connectivity index (χ2n) is 5.08. The lowest BCUT2D eigenvalue weighted by Gasteiger charge is -2.12. The summed E-state index contributed by atoms with van der Waals surface area (Å²) < 4.78 is 13.8. The maximum absolute atomic E-state index is 13.8. The number of halogens is 1. The van der Waals surface area contributed by atoms with Gasteiger partial charge in [0.05, 0.1) is 5.56 Å². The molecule has 1 aromatic rings. The van der Waals surface area contributed by atoms with Crippen molar-refractivity contribution in [1.82, 2.24) is 10.6 Å². The number of carbonyl (C=O) groups is 2. The highest BCUT2D eigenvalue weighted by Crippen LogP contribution is 2.16. The second-order valence-corrected chi connectivity index (χ2v) is 5.08. The minimum absolute atomic E-state index is 0.0993. The van der Waals surface area contributed by atoms with Gasteiger partial charge in [0.15, 0.2) is 0 Å². The van der Waals surface area contributed by atoms with E-state index in [1.165, 1.54) is 12.1 Å². The molecule has 4 N–H and O–H groups in total. The first-order valence-electron chi connectivity index (χ1n) is 6.98. The SMILES string of the molecule is CCC(C)NC(=O)CCNC(=O)c1cc(N)cc(C)c1F. The van der Waals surface area contributed by atoms with Gasteiger partial charge in [0.1, 0.15) is 5.82 Å². The molecule has 0 fully saturated rings. The monoisotopic (exact) mass is 295 g/mol. The number of nitrogens with two attached hydrogens (primary N) is 1. The predicted octanol–water partition coefficient (Wildman–Crippen LogP) is 1.75. The Morgan fingerprint density at radius 1 is 1.38 bits per heavy atom. The van der Waals surface area contributed by atoms with Gasteiger partial charge >= 0.3 is 0 Å². The van der Waals surface area contributed by atoms with Crippen LogP contribution in [0.1, 0.15) is 42.6 Å². The molecule has 0 aromatic heterocycles. The normalized spacial score (nSPS) is 11.8. The highest BCUT2D eigenvalue weighted by atomic mass is 19.1. The Kier molecular flexibility index (Phi) is 6.14. The number of nitrogen functional groups attached to an aromatic ring is 1. The fourth-order valence-corrected chi connectivity index (χ4v) is 1.80. The minimum Gasteiger partial charge on any atom is -0.399 e. The maximum atomic E-state index is 13.8. The zero-order valence-electron chi connectivity index (χ0n) is 12.6. The zero-order valence-corrected chi connectivity index (χ0v) is 12.6. The van der Waals surface area contributed by atoms with Crippen molar-refractivity contribution in [2.75, 3.05) is 12.3 Å². The molecule has 0 aliphatic heterocycles. The Morgan fingerprint density at radius 2 is 2.05 bits per heavy atom. The van der Waals surface area contributed by atoms with Gasteiger partial charge in [-0.1, -0.05) is 6.92 Å². The topological polar surface area (TPSA) is 84.2 Å². The third-order valence-corrected chi connectivity index (χ3v) is 3.18. The van der Waals surface area contributed by atoms with Crippen LogP contribution in [-0.4, -0.2) is 24.4 Å². The standard InChI is InChI=1S/C15H22FN3O2/c1-4-10(3)19-13(20)5-6-18-15(21)12-8-11(17)7-9(2)14(12)16/h7-8,10H,4-6,17H2,1-3H3,(H,18,21)(H,19,20). The highest BCUT2D eigenvalue weighted by molar-refractivity contribution is 5.95. The molecule has 21 heavy (non-hydrogen) atoms. The van der Waals surface area contributed by atoms with Gasteiger partial charge < -0.3 is 16.4 Å². The van der Waals surface area contributed by atoms with E-state index in [0.29, 0.717) is 11.3 Å². The first kappa shape index (κ1) is 16.9. The Hall–Kier alpha value is -2.11. The van der Waals surface area contributed by atoms with E-state index >= 15 is 0 Å². The van der Waals surface area contributed by atoms with E-state index in [1.54, 1.807) is 6.92 Å². The number of nitrogens with one attached hydrogen (secondary N) is 2. The van der Waals surface area contributed by atoms with E-state index in [2.05, 4.69) is 10.6 Å². The summed E-state index contributed by atoms with van der Waals surface area (Å²) in [6, 6.07) is 2.85. The number of hydrogen-bond donors (Lipinski definition) is 3. The van der Waals surface area contributed by atoms with Gasteiger partial charge in [0, 0.05) is 24.7 Å². The third-order valence-electron chi connectivity index (χ3n) is 3.18. The van der Waals surface area contributed by atoms with Crippen molar-refractivity contribution in [2.24, 2.45) is 0 Å². The Balaban J connectivity index is 2.53. The molecule has 0 spiro atoms. The molecule has 0 saturated heterocycles. The van der Waals surface area contributed by atoms with Gasteiger partial charge in [-0.15, -0.1) is 0 Å². The smallest absolute Gasteiger partial charge is 0.254 e. The number of anilines is 1. The molecule has 0 saturated carbocycles. The van der Waals surface area contributed by atoms with Crippen LogP contribution in [0.2, 0.25) is 0 Å². The summed E-state index contributed by atoms with van der Waals surface area (Å²) in [5.74, 6) is -1.31. The molecule has 0 aliphatic rings. The molecule has 0 heterocycles. The average Bonchev–Trinajstić information content (AvgIpc) is 2.42.